The standard InChI is InChI=1S/C10H8O2S/c11-7-2-3-8-6(5-7)1-4-9(13)10(8)12/h1-5,11-13H. The van der Waals surface area contributed by atoms with Crippen LogP contribution in [0.3, 0.4) is 0 Å². The molecule has 0 bridgehead atoms. The maximum Gasteiger partial charge on any atom is 0.136 e. The molecule has 0 heterocycles. The zero-order chi connectivity index (χ0) is 9.42. The van der Waals surface area contributed by atoms with Gasteiger partial charge < -0.3 is 10.2 Å². The van der Waals surface area contributed by atoms with E-state index in [0.29, 0.717) is 10.3 Å². The Bertz CT molecular complexity index is 466. The highest BCUT2D eigenvalue weighted by Gasteiger charge is 2.03. The summed E-state index contributed by atoms with van der Waals surface area (Å²) in [5, 5.41) is 20.3. The van der Waals surface area contributed by atoms with Gasteiger partial charge in [0.2, 0.25) is 0 Å². The molecule has 0 amide bonds. The van der Waals surface area contributed by atoms with E-state index in [1.54, 1.807) is 24.3 Å². The van der Waals surface area contributed by atoms with E-state index in [2.05, 4.69) is 12.6 Å². The summed E-state index contributed by atoms with van der Waals surface area (Å²) in [4.78, 5) is 0.540. The fraction of sp³-hybridized carbons (Fsp3) is 0. The molecule has 3 heteroatoms. The molecule has 0 aliphatic carbocycles. The molecule has 2 aromatic carbocycles. The molecule has 0 spiro atoms. The van der Waals surface area contributed by atoms with Crippen LogP contribution in [0.5, 0.6) is 11.5 Å². The van der Waals surface area contributed by atoms with Gasteiger partial charge in [-0.15, -0.1) is 12.6 Å². The highest BCUT2D eigenvalue weighted by Crippen LogP contribution is 2.32. The summed E-state index contributed by atoms with van der Waals surface area (Å²) in [6.45, 7) is 0. The zero-order valence-corrected chi connectivity index (χ0v) is 7.62. The summed E-state index contributed by atoms with van der Waals surface area (Å²) in [5.41, 5.74) is 0. The minimum atomic E-state index is 0.154. The van der Waals surface area contributed by atoms with Crippen LogP contribution in [-0.2, 0) is 0 Å². The quantitative estimate of drug-likeness (QED) is 0.561. The maximum atomic E-state index is 9.59. The van der Waals surface area contributed by atoms with Crippen LogP contribution in [0.25, 0.3) is 10.8 Å². The van der Waals surface area contributed by atoms with E-state index in [1.165, 1.54) is 6.07 Å². The van der Waals surface area contributed by atoms with E-state index in [0.717, 1.165) is 5.39 Å². The van der Waals surface area contributed by atoms with Crippen LogP contribution in [0.4, 0.5) is 0 Å². The van der Waals surface area contributed by atoms with Crippen molar-refractivity contribution in [2.75, 3.05) is 0 Å². The summed E-state index contributed by atoms with van der Waals surface area (Å²) >= 11 is 4.09. The Morgan fingerprint density at radius 2 is 1.77 bits per heavy atom. The average molecular weight is 192 g/mol. The van der Waals surface area contributed by atoms with Gasteiger partial charge in [0.1, 0.15) is 11.5 Å². The second-order valence-electron chi connectivity index (χ2n) is 2.84. The summed E-state index contributed by atoms with van der Waals surface area (Å²) in [5.74, 6) is 0.347. The Kier molecular flexibility index (Phi) is 1.81. The Labute approximate surface area is 80.9 Å². The number of hydrogen-bond acceptors (Lipinski definition) is 3. The van der Waals surface area contributed by atoms with E-state index in [1.807, 2.05) is 0 Å². The third-order valence-corrected chi connectivity index (χ3v) is 2.31. The second kappa shape index (κ2) is 2.85. The molecular formula is C10H8O2S. The van der Waals surface area contributed by atoms with Crippen molar-refractivity contribution in [3.05, 3.63) is 30.3 Å². The molecule has 0 unspecified atom stereocenters. The Morgan fingerprint density at radius 3 is 2.54 bits per heavy atom. The molecular weight excluding hydrogens is 184 g/mol. The van der Waals surface area contributed by atoms with Crippen LogP contribution in [0.2, 0.25) is 0 Å². The van der Waals surface area contributed by atoms with E-state index in [4.69, 9.17) is 0 Å². The third kappa shape index (κ3) is 1.31. The molecule has 0 saturated carbocycles. The summed E-state index contributed by atoms with van der Waals surface area (Å²) in [6.07, 6.45) is 0. The van der Waals surface area contributed by atoms with Crippen molar-refractivity contribution in [3.63, 3.8) is 0 Å². The van der Waals surface area contributed by atoms with E-state index in [9.17, 15) is 10.2 Å². The largest absolute Gasteiger partial charge is 0.508 e. The summed E-state index contributed by atoms with van der Waals surface area (Å²) in [6, 6.07) is 8.30. The molecule has 2 aromatic rings. The predicted molar refractivity (Wildman–Crippen MR) is 54.5 cm³/mol. The lowest BCUT2D eigenvalue weighted by molar-refractivity contribution is 0.468. The second-order valence-corrected chi connectivity index (χ2v) is 3.32. The smallest absolute Gasteiger partial charge is 0.136 e. The van der Waals surface area contributed by atoms with Gasteiger partial charge in [-0.25, -0.2) is 0 Å². The van der Waals surface area contributed by atoms with E-state index >= 15 is 0 Å². The zero-order valence-electron chi connectivity index (χ0n) is 6.73. The topological polar surface area (TPSA) is 40.5 Å². The first-order valence-corrected chi connectivity index (χ1v) is 4.27. The van der Waals surface area contributed by atoms with E-state index in [-0.39, 0.29) is 11.5 Å². The molecule has 0 saturated heterocycles. The lowest BCUT2D eigenvalue weighted by Crippen LogP contribution is -1.75. The van der Waals surface area contributed by atoms with Crippen molar-refractivity contribution >= 4 is 23.4 Å². The minimum absolute atomic E-state index is 0.154. The van der Waals surface area contributed by atoms with Gasteiger partial charge in [0.25, 0.3) is 0 Å². The highest BCUT2D eigenvalue weighted by molar-refractivity contribution is 7.80. The van der Waals surface area contributed by atoms with Gasteiger partial charge in [-0.2, -0.15) is 0 Å². The summed E-state index contributed by atoms with van der Waals surface area (Å²) < 4.78 is 0. The Hall–Kier alpha value is -1.35. The van der Waals surface area contributed by atoms with Crippen molar-refractivity contribution in [1.29, 1.82) is 0 Å². The molecule has 0 radical (unpaired) electrons. The molecule has 66 valence electrons. The van der Waals surface area contributed by atoms with Crippen molar-refractivity contribution in [2.45, 2.75) is 4.90 Å². The van der Waals surface area contributed by atoms with Gasteiger partial charge in [-0.05, 0) is 29.7 Å². The monoisotopic (exact) mass is 192 g/mol. The van der Waals surface area contributed by atoms with Gasteiger partial charge >= 0.3 is 0 Å². The lowest BCUT2D eigenvalue weighted by atomic mass is 10.1. The van der Waals surface area contributed by atoms with Crippen molar-refractivity contribution in [2.24, 2.45) is 0 Å². The molecule has 0 aliphatic heterocycles. The van der Waals surface area contributed by atoms with Crippen LogP contribution in [0, 0.1) is 0 Å². The van der Waals surface area contributed by atoms with Gasteiger partial charge in [0.15, 0.2) is 0 Å². The number of phenols is 2. The number of hydrogen-bond donors (Lipinski definition) is 3. The molecule has 0 aromatic heterocycles. The van der Waals surface area contributed by atoms with Crippen molar-refractivity contribution < 1.29 is 10.2 Å². The molecule has 13 heavy (non-hydrogen) atoms. The number of thiol groups is 1. The first kappa shape index (κ1) is 8.26. The molecule has 0 aliphatic rings. The Balaban J connectivity index is 2.87. The van der Waals surface area contributed by atoms with E-state index < -0.39 is 0 Å². The maximum absolute atomic E-state index is 9.59. The van der Waals surface area contributed by atoms with Crippen LogP contribution in [0.15, 0.2) is 35.2 Å². The van der Waals surface area contributed by atoms with Crippen LogP contribution in [-0.4, -0.2) is 10.2 Å². The predicted octanol–water partition coefficient (Wildman–Crippen LogP) is 2.54. The minimum Gasteiger partial charge on any atom is -0.508 e. The Morgan fingerprint density at radius 1 is 1.00 bits per heavy atom. The summed E-state index contributed by atoms with van der Waals surface area (Å²) in [7, 11) is 0. The lowest BCUT2D eigenvalue weighted by Gasteiger charge is -2.03. The number of phenolic OH excluding ortho intramolecular Hbond substituents is 2. The van der Waals surface area contributed by atoms with Crippen LogP contribution < -0.4 is 0 Å². The first-order chi connectivity index (χ1) is 6.18. The third-order valence-electron chi connectivity index (χ3n) is 1.95. The molecule has 0 atom stereocenters. The van der Waals surface area contributed by atoms with Gasteiger partial charge in [0.05, 0.1) is 0 Å². The van der Waals surface area contributed by atoms with Gasteiger partial charge in [0, 0.05) is 10.3 Å². The van der Waals surface area contributed by atoms with Crippen molar-refractivity contribution in [1.82, 2.24) is 0 Å². The highest BCUT2D eigenvalue weighted by atomic mass is 32.1. The molecule has 2 nitrogen and oxygen atoms in total. The average Bonchev–Trinajstić information content (AvgIpc) is 2.12. The SMILES string of the molecule is Oc1ccc2c(O)c(S)ccc2c1. The first-order valence-electron chi connectivity index (χ1n) is 3.82. The van der Waals surface area contributed by atoms with Gasteiger partial charge in [-0.3, -0.25) is 0 Å². The number of rotatable bonds is 0. The van der Waals surface area contributed by atoms with Gasteiger partial charge in [-0.1, -0.05) is 6.07 Å². The van der Waals surface area contributed by atoms with Crippen molar-refractivity contribution in [3.8, 4) is 11.5 Å². The molecule has 2 rings (SSSR count). The van der Waals surface area contributed by atoms with Crippen LogP contribution >= 0.6 is 12.6 Å². The fourth-order valence-corrected chi connectivity index (χ4v) is 1.48. The number of aromatic hydroxyl groups is 2. The normalized spacial score (nSPS) is 10.5. The molecule has 2 N–H and O–H groups in total. The molecule has 0 fully saturated rings. The number of fused-ring (bicyclic) bond motifs is 1. The fourth-order valence-electron chi connectivity index (χ4n) is 1.29. The van der Waals surface area contributed by atoms with Crippen LogP contribution in [0.1, 0.15) is 0 Å². The number of benzene rings is 2.